The fourth-order valence-electron chi connectivity index (χ4n) is 2.97. The number of amides is 1. The van der Waals surface area contributed by atoms with E-state index in [9.17, 15) is 13.2 Å². The van der Waals surface area contributed by atoms with Gasteiger partial charge in [-0.05, 0) is 47.5 Å². The van der Waals surface area contributed by atoms with Gasteiger partial charge in [0.05, 0.1) is 0 Å². The Labute approximate surface area is 185 Å². The first-order valence-corrected chi connectivity index (χ1v) is 11.9. The molecule has 0 aliphatic rings. The van der Waals surface area contributed by atoms with Crippen molar-refractivity contribution >= 4 is 33.0 Å². The summed E-state index contributed by atoms with van der Waals surface area (Å²) in [6.45, 7) is 0.140. The number of para-hydroxylation sites is 1. The minimum atomic E-state index is -3.62. The molecule has 0 radical (unpaired) electrons. The second kappa shape index (κ2) is 9.26. The summed E-state index contributed by atoms with van der Waals surface area (Å²) in [5.74, 6) is -0.217. The van der Waals surface area contributed by atoms with E-state index in [0.29, 0.717) is 5.56 Å². The highest BCUT2D eigenvalue weighted by Gasteiger charge is 2.17. The summed E-state index contributed by atoms with van der Waals surface area (Å²) in [7, 11) is -3.62. The lowest BCUT2D eigenvalue weighted by Gasteiger charge is -2.07. The quantitative estimate of drug-likeness (QED) is 0.411. The standard InChI is InChI=1S/C24H20N2O3S2/c27-24(26-21-9-5-2-6-10-21)20-13-11-18(12-14-20)17-25-31(28,29)23-16-15-22(30-23)19-7-3-1-4-8-19/h1-16,25H,17H2,(H,26,27). The SMILES string of the molecule is O=C(Nc1ccccc1)c1ccc(CNS(=O)(=O)c2ccc(-c3ccccc3)s2)cc1. The third-order valence-corrected chi connectivity index (χ3v) is 7.65. The minimum Gasteiger partial charge on any atom is -0.322 e. The number of anilines is 1. The third kappa shape index (κ3) is 5.27. The van der Waals surface area contributed by atoms with Crippen LogP contribution < -0.4 is 10.0 Å². The van der Waals surface area contributed by atoms with Gasteiger partial charge in [-0.15, -0.1) is 11.3 Å². The molecule has 0 aliphatic carbocycles. The predicted octanol–water partition coefficient (Wildman–Crippen LogP) is 5.15. The van der Waals surface area contributed by atoms with Crippen molar-refractivity contribution in [3.8, 4) is 10.4 Å². The Kier molecular flexibility index (Phi) is 6.27. The number of hydrogen-bond acceptors (Lipinski definition) is 4. The monoisotopic (exact) mass is 448 g/mol. The van der Waals surface area contributed by atoms with Crippen LogP contribution in [0.5, 0.6) is 0 Å². The molecule has 5 nitrogen and oxygen atoms in total. The van der Waals surface area contributed by atoms with Crippen molar-refractivity contribution in [2.24, 2.45) is 0 Å². The van der Waals surface area contributed by atoms with Crippen LogP contribution >= 0.6 is 11.3 Å². The van der Waals surface area contributed by atoms with Crippen molar-refractivity contribution in [2.75, 3.05) is 5.32 Å². The molecule has 1 aromatic heterocycles. The van der Waals surface area contributed by atoms with Crippen LogP contribution in [-0.4, -0.2) is 14.3 Å². The molecule has 0 saturated heterocycles. The van der Waals surface area contributed by atoms with Crippen LogP contribution in [0.25, 0.3) is 10.4 Å². The lowest BCUT2D eigenvalue weighted by atomic mass is 10.1. The zero-order valence-corrected chi connectivity index (χ0v) is 18.1. The molecule has 2 N–H and O–H groups in total. The van der Waals surface area contributed by atoms with Crippen LogP contribution in [0.1, 0.15) is 15.9 Å². The van der Waals surface area contributed by atoms with Gasteiger partial charge in [0.1, 0.15) is 4.21 Å². The average Bonchev–Trinajstić information content (AvgIpc) is 3.31. The highest BCUT2D eigenvalue weighted by Crippen LogP contribution is 2.30. The van der Waals surface area contributed by atoms with Crippen LogP contribution in [0.15, 0.2) is 101 Å². The number of hydrogen-bond donors (Lipinski definition) is 2. The van der Waals surface area contributed by atoms with E-state index in [-0.39, 0.29) is 16.7 Å². The second-order valence-electron chi connectivity index (χ2n) is 6.83. The number of rotatable bonds is 7. The maximum absolute atomic E-state index is 12.7. The first kappa shape index (κ1) is 21.0. The van der Waals surface area contributed by atoms with Crippen molar-refractivity contribution in [3.05, 3.63) is 108 Å². The molecule has 1 amide bonds. The Morgan fingerprint density at radius 2 is 1.42 bits per heavy atom. The normalized spacial score (nSPS) is 11.2. The summed E-state index contributed by atoms with van der Waals surface area (Å²) in [6.07, 6.45) is 0. The number of benzene rings is 3. The van der Waals surface area contributed by atoms with Gasteiger partial charge in [-0.2, -0.15) is 0 Å². The van der Waals surface area contributed by atoms with Crippen molar-refractivity contribution in [1.29, 1.82) is 0 Å². The predicted molar refractivity (Wildman–Crippen MR) is 125 cm³/mol. The zero-order valence-electron chi connectivity index (χ0n) is 16.5. The van der Waals surface area contributed by atoms with Crippen LogP contribution in [0.3, 0.4) is 0 Å². The van der Waals surface area contributed by atoms with Gasteiger partial charge >= 0.3 is 0 Å². The fraction of sp³-hybridized carbons (Fsp3) is 0.0417. The highest BCUT2D eigenvalue weighted by molar-refractivity contribution is 7.91. The molecule has 0 atom stereocenters. The van der Waals surface area contributed by atoms with Gasteiger partial charge in [0.25, 0.3) is 5.91 Å². The Bertz CT molecular complexity index is 1270. The Morgan fingerprint density at radius 3 is 2.10 bits per heavy atom. The van der Waals surface area contributed by atoms with Gasteiger partial charge in [0, 0.05) is 22.7 Å². The molecular weight excluding hydrogens is 428 g/mol. The Hall–Kier alpha value is -3.26. The van der Waals surface area contributed by atoms with E-state index in [1.165, 1.54) is 11.3 Å². The highest BCUT2D eigenvalue weighted by atomic mass is 32.2. The molecule has 4 rings (SSSR count). The smallest absolute Gasteiger partial charge is 0.255 e. The summed E-state index contributed by atoms with van der Waals surface area (Å²) in [5, 5.41) is 2.82. The maximum Gasteiger partial charge on any atom is 0.255 e. The largest absolute Gasteiger partial charge is 0.322 e. The van der Waals surface area contributed by atoms with E-state index in [0.717, 1.165) is 21.7 Å². The third-order valence-electron chi connectivity index (χ3n) is 4.62. The van der Waals surface area contributed by atoms with Crippen molar-refractivity contribution in [1.82, 2.24) is 4.72 Å². The summed E-state index contributed by atoms with van der Waals surface area (Å²) in [4.78, 5) is 13.2. The lowest BCUT2D eigenvalue weighted by Crippen LogP contribution is -2.22. The molecule has 0 saturated carbocycles. The average molecular weight is 449 g/mol. The van der Waals surface area contributed by atoms with Gasteiger partial charge in [-0.1, -0.05) is 60.7 Å². The van der Waals surface area contributed by atoms with Crippen molar-refractivity contribution in [3.63, 3.8) is 0 Å². The van der Waals surface area contributed by atoms with Crippen LogP contribution in [-0.2, 0) is 16.6 Å². The molecule has 156 valence electrons. The van der Waals surface area contributed by atoms with Gasteiger partial charge in [0.2, 0.25) is 10.0 Å². The molecule has 0 bridgehead atoms. The first-order chi connectivity index (χ1) is 15.0. The number of carbonyl (C=O) groups excluding carboxylic acids is 1. The number of carbonyl (C=O) groups is 1. The van der Waals surface area contributed by atoms with Crippen LogP contribution in [0.4, 0.5) is 5.69 Å². The Morgan fingerprint density at radius 1 is 0.774 bits per heavy atom. The molecule has 0 fully saturated rings. The van der Waals surface area contributed by atoms with E-state index in [1.807, 2.05) is 66.7 Å². The maximum atomic E-state index is 12.7. The molecule has 4 aromatic rings. The Balaban J connectivity index is 1.38. The number of nitrogens with one attached hydrogen (secondary N) is 2. The molecule has 7 heteroatoms. The van der Waals surface area contributed by atoms with Gasteiger partial charge in [-0.25, -0.2) is 13.1 Å². The number of thiophene rings is 1. The summed E-state index contributed by atoms with van der Waals surface area (Å²) in [6, 6.07) is 29.1. The topological polar surface area (TPSA) is 75.3 Å². The molecule has 1 heterocycles. The molecule has 31 heavy (non-hydrogen) atoms. The molecule has 0 spiro atoms. The first-order valence-electron chi connectivity index (χ1n) is 9.61. The van der Waals surface area contributed by atoms with Gasteiger partial charge < -0.3 is 5.32 Å². The zero-order chi connectivity index (χ0) is 21.7. The molecular formula is C24H20N2O3S2. The van der Waals surface area contributed by atoms with Crippen molar-refractivity contribution < 1.29 is 13.2 Å². The van der Waals surface area contributed by atoms with Crippen molar-refractivity contribution in [2.45, 2.75) is 10.8 Å². The molecule has 0 unspecified atom stereocenters. The van der Waals surface area contributed by atoms with E-state index >= 15 is 0 Å². The lowest BCUT2D eigenvalue weighted by molar-refractivity contribution is 0.102. The van der Waals surface area contributed by atoms with Crippen LogP contribution in [0, 0.1) is 0 Å². The van der Waals surface area contributed by atoms with E-state index in [1.54, 1.807) is 30.3 Å². The second-order valence-corrected chi connectivity index (χ2v) is 9.90. The molecule has 3 aromatic carbocycles. The summed E-state index contributed by atoms with van der Waals surface area (Å²) in [5.41, 5.74) is 2.97. The minimum absolute atomic E-state index is 0.140. The number of sulfonamides is 1. The van der Waals surface area contributed by atoms with E-state index in [4.69, 9.17) is 0 Å². The fourth-order valence-corrected chi connectivity index (χ4v) is 5.34. The van der Waals surface area contributed by atoms with E-state index in [2.05, 4.69) is 10.0 Å². The summed E-state index contributed by atoms with van der Waals surface area (Å²) < 4.78 is 28.2. The van der Waals surface area contributed by atoms with Crippen LogP contribution in [0.2, 0.25) is 0 Å². The van der Waals surface area contributed by atoms with Gasteiger partial charge in [-0.3, -0.25) is 4.79 Å². The van der Waals surface area contributed by atoms with Gasteiger partial charge in [0.15, 0.2) is 0 Å². The van der Waals surface area contributed by atoms with E-state index < -0.39 is 10.0 Å². The molecule has 0 aliphatic heterocycles. The summed E-state index contributed by atoms with van der Waals surface area (Å²) >= 11 is 1.23.